The summed E-state index contributed by atoms with van der Waals surface area (Å²) in [7, 11) is 0. The number of benzene rings is 2. The fourth-order valence-electron chi connectivity index (χ4n) is 3.19. The van der Waals surface area contributed by atoms with Crippen LogP contribution in [0.4, 0.5) is 0 Å². The van der Waals surface area contributed by atoms with E-state index in [0.717, 1.165) is 22.4 Å². The quantitative estimate of drug-likeness (QED) is 0.466. The molecule has 4 nitrogen and oxygen atoms in total. The highest BCUT2D eigenvalue weighted by molar-refractivity contribution is 7.99. The van der Waals surface area contributed by atoms with Gasteiger partial charge in [-0.3, -0.25) is 9.59 Å². The number of amides is 2. The highest BCUT2D eigenvalue weighted by Gasteiger charge is 2.28. The highest BCUT2D eigenvalue weighted by Crippen LogP contribution is 2.22. The molecule has 0 radical (unpaired) electrons. The Morgan fingerprint density at radius 2 is 1.80 bits per heavy atom. The first-order valence-electron chi connectivity index (χ1n) is 10.5. The lowest BCUT2D eigenvalue weighted by Gasteiger charge is -2.31. The van der Waals surface area contributed by atoms with Crippen molar-refractivity contribution in [2.24, 2.45) is 0 Å². The molecule has 2 rings (SSSR count). The lowest BCUT2D eigenvalue weighted by Crippen LogP contribution is -2.49. The summed E-state index contributed by atoms with van der Waals surface area (Å²) in [4.78, 5) is 28.8. The Kier molecular flexibility index (Phi) is 10.2. The normalized spacial score (nSPS) is 11.7. The average molecular weight is 447 g/mol. The summed E-state index contributed by atoms with van der Waals surface area (Å²) < 4.78 is 0. The standard InChI is InChI=1S/C24H31ClN2O2S/c1-4-15-26-24(29)22(5-2)27(17-19-9-7-6-8-18(19)3)23(28)14-16-30-21-12-10-20(25)11-13-21/h6-13,22H,4-5,14-17H2,1-3H3,(H,26,29). The van der Waals surface area contributed by atoms with Gasteiger partial charge in [0.15, 0.2) is 0 Å². The predicted molar refractivity (Wildman–Crippen MR) is 126 cm³/mol. The van der Waals surface area contributed by atoms with Crippen LogP contribution in [0.5, 0.6) is 0 Å². The lowest BCUT2D eigenvalue weighted by molar-refractivity contribution is -0.141. The molecule has 0 bridgehead atoms. The molecule has 0 aliphatic rings. The molecule has 0 spiro atoms. The molecule has 0 fully saturated rings. The third kappa shape index (κ3) is 7.37. The average Bonchev–Trinajstić information content (AvgIpc) is 2.74. The molecule has 2 aromatic rings. The second-order valence-electron chi connectivity index (χ2n) is 7.22. The summed E-state index contributed by atoms with van der Waals surface area (Å²) in [5.74, 6) is 0.572. The van der Waals surface area contributed by atoms with Gasteiger partial charge in [-0.15, -0.1) is 11.8 Å². The first-order valence-corrected chi connectivity index (χ1v) is 11.8. The second-order valence-corrected chi connectivity index (χ2v) is 8.82. The van der Waals surface area contributed by atoms with E-state index in [1.807, 2.05) is 69.3 Å². The summed E-state index contributed by atoms with van der Waals surface area (Å²) in [6.07, 6.45) is 1.82. The van der Waals surface area contributed by atoms with E-state index in [0.29, 0.717) is 36.7 Å². The van der Waals surface area contributed by atoms with Crippen LogP contribution in [-0.2, 0) is 16.1 Å². The number of carbonyl (C=O) groups is 2. The summed E-state index contributed by atoms with van der Waals surface area (Å²) in [5.41, 5.74) is 2.19. The van der Waals surface area contributed by atoms with Gasteiger partial charge in [0.05, 0.1) is 0 Å². The molecule has 162 valence electrons. The van der Waals surface area contributed by atoms with E-state index in [1.54, 1.807) is 16.7 Å². The van der Waals surface area contributed by atoms with Gasteiger partial charge in [-0.1, -0.05) is 49.7 Å². The summed E-state index contributed by atoms with van der Waals surface area (Å²) in [6, 6.07) is 15.2. The lowest BCUT2D eigenvalue weighted by atomic mass is 10.1. The van der Waals surface area contributed by atoms with Crippen molar-refractivity contribution in [2.75, 3.05) is 12.3 Å². The van der Waals surface area contributed by atoms with Crippen molar-refractivity contribution in [1.82, 2.24) is 10.2 Å². The number of hydrogen-bond donors (Lipinski definition) is 1. The minimum atomic E-state index is -0.468. The van der Waals surface area contributed by atoms with E-state index in [1.165, 1.54) is 0 Å². The molecule has 1 N–H and O–H groups in total. The monoisotopic (exact) mass is 446 g/mol. The van der Waals surface area contributed by atoms with Gasteiger partial charge in [0.1, 0.15) is 6.04 Å². The van der Waals surface area contributed by atoms with Crippen LogP contribution < -0.4 is 5.32 Å². The van der Waals surface area contributed by atoms with Gasteiger partial charge in [-0.2, -0.15) is 0 Å². The zero-order valence-corrected chi connectivity index (χ0v) is 19.6. The number of halogens is 1. The van der Waals surface area contributed by atoms with Crippen molar-refractivity contribution in [3.63, 3.8) is 0 Å². The van der Waals surface area contributed by atoms with Crippen molar-refractivity contribution >= 4 is 35.2 Å². The van der Waals surface area contributed by atoms with Crippen LogP contribution >= 0.6 is 23.4 Å². The molecule has 0 aliphatic heterocycles. The van der Waals surface area contributed by atoms with Gasteiger partial charge in [0.25, 0.3) is 0 Å². The molecule has 0 aromatic heterocycles. The van der Waals surface area contributed by atoms with Crippen molar-refractivity contribution < 1.29 is 9.59 Å². The second kappa shape index (κ2) is 12.7. The molecule has 1 atom stereocenters. The van der Waals surface area contributed by atoms with Crippen molar-refractivity contribution in [3.8, 4) is 0 Å². The van der Waals surface area contributed by atoms with Crippen LogP contribution in [-0.4, -0.2) is 35.1 Å². The van der Waals surface area contributed by atoms with Crippen LogP contribution in [0, 0.1) is 6.92 Å². The maximum atomic E-state index is 13.2. The molecule has 2 amide bonds. The molecule has 30 heavy (non-hydrogen) atoms. The van der Waals surface area contributed by atoms with E-state index in [9.17, 15) is 9.59 Å². The Morgan fingerprint density at radius 1 is 1.10 bits per heavy atom. The van der Waals surface area contributed by atoms with E-state index < -0.39 is 6.04 Å². The Morgan fingerprint density at radius 3 is 2.43 bits per heavy atom. The number of thioether (sulfide) groups is 1. The summed E-state index contributed by atoms with van der Waals surface area (Å²) in [6.45, 7) is 7.07. The van der Waals surface area contributed by atoms with E-state index in [4.69, 9.17) is 11.6 Å². The minimum absolute atomic E-state index is 0.00165. The van der Waals surface area contributed by atoms with Gasteiger partial charge in [0.2, 0.25) is 11.8 Å². The number of rotatable bonds is 11. The fraction of sp³-hybridized carbons (Fsp3) is 0.417. The molecule has 1 unspecified atom stereocenters. The van der Waals surface area contributed by atoms with Gasteiger partial charge in [-0.05, 0) is 55.2 Å². The molecule has 2 aromatic carbocycles. The van der Waals surface area contributed by atoms with Crippen LogP contribution in [0.3, 0.4) is 0 Å². The maximum absolute atomic E-state index is 13.2. The maximum Gasteiger partial charge on any atom is 0.242 e. The predicted octanol–water partition coefficient (Wildman–Crippen LogP) is 5.46. The van der Waals surface area contributed by atoms with Crippen molar-refractivity contribution in [2.45, 2.75) is 57.5 Å². The number of nitrogens with one attached hydrogen (secondary N) is 1. The van der Waals surface area contributed by atoms with Crippen molar-refractivity contribution in [3.05, 3.63) is 64.7 Å². The Bertz CT molecular complexity index is 826. The summed E-state index contributed by atoms with van der Waals surface area (Å²) >= 11 is 7.56. The van der Waals surface area contributed by atoms with E-state index in [-0.39, 0.29) is 11.8 Å². The number of aryl methyl sites for hydroxylation is 1. The molecule has 0 heterocycles. The molecule has 6 heteroatoms. The summed E-state index contributed by atoms with van der Waals surface area (Å²) in [5, 5.41) is 3.65. The topological polar surface area (TPSA) is 49.4 Å². The first-order chi connectivity index (χ1) is 14.5. The third-order valence-electron chi connectivity index (χ3n) is 4.94. The Labute approximate surface area is 189 Å². The van der Waals surface area contributed by atoms with E-state index >= 15 is 0 Å². The van der Waals surface area contributed by atoms with E-state index in [2.05, 4.69) is 5.32 Å². The highest BCUT2D eigenvalue weighted by atomic mass is 35.5. The SMILES string of the molecule is CCCNC(=O)C(CC)N(Cc1ccccc1C)C(=O)CCSc1ccc(Cl)cc1. The van der Waals surface area contributed by atoms with Gasteiger partial charge in [-0.25, -0.2) is 0 Å². The fourth-order valence-corrected chi connectivity index (χ4v) is 4.15. The van der Waals surface area contributed by atoms with Crippen LogP contribution in [0.2, 0.25) is 5.02 Å². The Hall–Kier alpha value is -1.98. The molecule has 0 aliphatic carbocycles. The zero-order valence-electron chi connectivity index (χ0n) is 18.0. The van der Waals surface area contributed by atoms with Crippen LogP contribution in [0.25, 0.3) is 0 Å². The Balaban J connectivity index is 2.11. The number of hydrogen-bond acceptors (Lipinski definition) is 3. The molecular formula is C24H31ClN2O2S. The smallest absolute Gasteiger partial charge is 0.242 e. The first kappa shape index (κ1) is 24.3. The van der Waals surface area contributed by atoms with Gasteiger partial charge < -0.3 is 10.2 Å². The van der Waals surface area contributed by atoms with Gasteiger partial charge in [0, 0.05) is 35.2 Å². The minimum Gasteiger partial charge on any atom is -0.354 e. The molecule has 0 saturated carbocycles. The number of carbonyl (C=O) groups excluding carboxylic acids is 2. The largest absolute Gasteiger partial charge is 0.354 e. The third-order valence-corrected chi connectivity index (χ3v) is 6.20. The van der Waals surface area contributed by atoms with Crippen LogP contribution in [0.15, 0.2) is 53.4 Å². The molecular weight excluding hydrogens is 416 g/mol. The van der Waals surface area contributed by atoms with Crippen molar-refractivity contribution in [1.29, 1.82) is 0 Å². The van der Waals surface area contributed by atoms with Crippen LogP contribution in [0.1, 0.15) is 44.2 Å². The van der Waals surface area contributed by atoms with Gasteiger partial charge >= 0.3 is 0 Å². The molecule has 0 saturated heterocycles. The number of nitrogens with zero attached hydrogens (tertiary/aromatic N) is 1. The zero-order chi connectivity index (χ0) is 21.9.